The number of aromatic nitrogens is 2. The highest BCUT2D eigenvalue weighted by Crippen LogP contribution is 2.23. The molecule has 1 aromatic heterocycles. The van der Waals surface area contributed by atoms with Crippen molar-refractivity contribution < 1.29 is 12.8 Å². The smallest absolute Gasteiger partial charge is 0.178 e. The van der Waals surface area contributed by atoms with Crippen LogP contribution >= 0.6 is 0 Å². The zero-order valence-electron chi connectivity index (χ0n) is 10.5. The van der Waals surface area contributed by atoms with E-state index in [4.69, 9.17) is 5.73 Å². The molecule has 2 N–H and O–H groups in total. The summed E-state index contributed by atoms with van der Waals surface area (Å²) in [5, 5.41) is 3.90. The van der Waals surface area contributed by atoms with Gasteiger partial charge in [-0.3, -0.25) is 0 Å². The van der Waals surface area contributed by atoms with Crippen LogP contribution in [0.3, 0.4) is 0 Å². The number of para-hydroxylation sites is 1. The molecule has 5 nitrogen and oxygen atoms in total. The van der Waals surface area contributed by atoms with Gasteiger partial charge in [0.25, 0.3) is 0 Å². The number of rotatable bonds is 3. The van der Waals surface area contributed by atoms with Crippen LogP contribution in [-0.2, 0) is 9.84 Å². The molecule has 0 aliphatic rings. The molecular formula is C12H14FN3O2S. The van der Waals surface area contributed by atoms with Gasteiger partial charge in [-0.15, -0.1) is 0 Å². The van der Waals surface area contributed by atoms with Crippen molar-refractivity contribution in [3.8, 4) is 5.69 Å². The molecule has 19 heavy (non-hydrogen) atoms. The first-order valence-electron chi connectivity index (χ1n) is 5.60. The molecule has 0 saturated heterocycles. The van der Waals surface area contributed by atoms with E-state index in [1.54, 1.807) is 19.1 Å². The molecule has 0 saturated carbocycles. The van der Waals surface area contributed by atoms with E-state index in [0.29, 0.717) is 5.56 Å². The van der Waals surface area contributed by atoms with E-state index < -0.39 is 21.7 Å². The van der Waals surface area contributed by atoms with Gasteiger partial charge >= 0.3 is 0 Å². The number of nitrogens with two attached hydrogens (primary N) is 1. The lowest BCUT2D eigenvalue weighted by molar-refractivity contribution is 0.599. The Morgan fingerprint density at radius 1 is 1.42 bits per heavy atom. The Labute approximate surface area is 110 Å². The van der Waals surface area contributed by atoms with Crippen molar-refractivity contribution >= 4 is 9.84 Å². The molecule has 0 amide bonds. The second-order valence-corrected chi connectivity index (χ2v) is 6.37. The summed E-state index contributed by atoms with van der Waals surface area (Å²) >= 11 is 0. The predicted molar refractivity (Wildman–Crippen MR) is 69.2 cm³/mol. The van der Waals surface area contributed by atoms with E-state index in [1.807, 2.05) is 0 Å². The third kappa shape index (κ3) is 2.66. The summed E-state index contributed by atoms with van der Waals surface area (Å²) in [4.78, 5) is 0.0337. The standard InChI is InChI=1S/C12H14FN3O2S/c1-8(14)10-4-3-5-11(13)12(10)16-7-9(6-15-16)19(2,17)18/h3-8H,14H2,1-2H3/t8-/m1/s1. The second-order valence-electron chi connectivity index (χ2n) is 4.36. The van der Waals surface area contributed by atoms with E-state index >= 15 is 0 Å². The molecular weight excluding hydrogens is 269 g/mol. The third-order valence-corrected chi connectivity index (χ3v) is 3.79. The second kappa shape index (κ2) is 4.75. The molecule has 102 valence electrons. The summed E-state index contributed by atoms with van der Waals surface area (Å²) in [5.41, 5.74) is 6.52. The maximum Gasteiger partial charge on any atom is 0.178 e. The van der Waals surface area contributed by atoms with Gasteiger partial charge in [-0.2, -0.15) is 5.10 Å². The lowest BCUT2D eigenvalue weighted by Gasteiger charge is -2.13. The Kier molecular flexibility index (Phi) is 3.42. The lowest BCUT2D eigenvalue weighted by Crippen LogP contribution is -2.11. The monoisotopic (exact) mass is 283 g/mol. The van der Waals surface area contributed by atoms with Gasteiger partial charge in [0, 0.05) is 18.5 Å². The van der Waals surface area contributed by atoms with Crippen LogP contribution in [0.1, 0.15) is 18.5 Å². The molecule has 2 rings (SSSR count). The summed E-state index contributed by atoms with van der Waals surface area (Å²) in [6.07, 6.45) is 3.54. The van der Waals surface area contributed by atoms with E-state index in [0.717, 1.165) is 6.26 Å². The number of benzene rings is 1. The van der Waals surface area contributed by atoms with E-state index in [1.165, 1.54) is 23.1 Å². The van der Waals surface area contributed by atoms with Crippen LogP contribution in [0.15, 0.2) is 35.5 Å². The van der Waals surface area contributed by atoms with Gasteiger partial charge in [0.05, 0.1) is 6.20 Å². The van der Waals surface area contributed by atoms with E-state index in [-0.39, 0.29) is 10.6 Å². The Balaban J connectivity index is 2.62. The SMILES string of the molecule is C[C@@H](N)c1cccc(F)c1-n1cc(S(C)(=O)=O)cn1. The fraction of sp³-hybridized carbons (Fsp3) is 0.250. The van der Waals surface area contributed by atoms with Crippen molar-refractivity contribution in [2.45, 2.75) is 17.9 Å². The minimum absolute atomic E-state index is 0.0337. The lowest BCUT2D eigenvalue weighted by atomic mass is 10.1. The highest BCUT2D eigenvalue weighted by molar-refractivity contribution is 7.90. The van der Waals surface area contributed by atoms with Gasteiger partial charge in [0.1, 0.15) is 16.4 Å². The normalized spacial score (nSPS) is 13.5. The van der Waals surface area contributed by atoms with Crippen molar-refractivity contribution in [2.24, 2.45) is 5.73 Å². The molecule has 0 spiro atoms. The highest BCUT2D eigenvalue weighted by Gasteiger charge is 2.17. The molecule has 0 bridgehead atoms. The molecule has 7 heteroatoms. The largest absolute Gasteiger partial charge is 0.324 e. The van der Waals surface area contributed by atoms with Gasteiger partial charge in [-0.05, 0) is 18.6 Å². The van der Waals surface area contributed by atoms with Crippen molar-refractivity contribution in [3.05, 3.63) is 42.0 Å². The van der Waals surface area contributed by atoms with E-state index in [2.05, 4.69) is 5.10 Å². The maximum atomic E-state index is 13.9. The predicted octanol–water partition coefficient (Wildman–Crippen LogP) is 1.43. The quantitative estimate of drug-likeness (QED) is 0.924. The summed E-state index contributed by atoms with van der Waals surface area (Å²) in [7, 11) is -3.37. The molecule has 0 fully saturated rings. The molecule has 0 radical (unpaired) electrons. The molecule has 1 atom stereocenters. The van der Waals surface area contributed by atoms with Crippen LogP contribution in [0.5, 0.6) is 0 Å². The average Bonchev–Trinajstić information content (AvgIpc) is 2.77. The van der Waals surface area contributed by atoms with E-state index in [9.17, 15) is 12.8 Å². The zero-order valence-corrected chi connectivity index (χ0v) is 11.4. The molecule has 0 unspecified atom stereocenters. The van der Waals surface area contributed by atoms with Gasteiger partial charge in [-0.25, -0.2) is 17.5 Å². The summed E-state index contributed by atoms with van der Waals surface area (Å²) < 4.78 is 38.0. The Hall–Kier alpha value is -1.73. The van der Waals surface area contributed by atoms with Crippen molar-refractivity contribution in [3.63, 3.8) is 0 Å². The first kappa shape index (κ1) is 13.7. The molecule has 1 heterocycles. The Morgan fingerprint density at radius 3 is 2.63 bits per heavy atom. The van der Waals surface area contributed by atoms with Gasteiger partial charge in [0.15, 0.2) is 9.84 Å². The Bertz CT molecular complexity index is 708. The molecule has 1 aromatic carbocycles. The molecule has 0 aliphatic carbocycles. The highest BCUT2D eigenvalue weighted by atomic mass is 32.2. The first-order valence-corrected chi connectivity index (χ1v) is 7.49. The summed E-state index contributed by atoms with van der Waals surface area (Å²) in [6.45, 7) is 1.72. The Morgan fingerprint density at radius 2 is 2.11 bits per heavy atom. The van der Waals surface area contributed by atoms with Crippen LogP contribution in [0.25, 0.3) is 5.69 Å². The number of sulfone groups is 1. The number of hydrogen-bond donors (Lipinski definition) is 1. The van der Waals surface area contributed by atoms with Crippen LogP contribution in [-0.4, -0.2) is 24.5 Å². The van der Waals surface area contributed by atoms with Crippen molar-refractivity contribution in [2.75, 3.05) is 6.26 Å². The molecule has 0 aliphatic heterocycles. The average molecular weight is 283 g/mol. The number of hydrogen-bond acceptors (Lipinski definition) is 4. The topological polar surface area (TPSA) is 78.0 Å². The summed E-state index contributed by atoms with van der Waals surface area (Å²) in [5.74, 6) is -0.502. The maximum absolute atomic E-state index is 13.9. The summed E-state index contributed by atoms with van der Waals surface area (Å²) in [6, 6.07) is 4.13. The minimum Gasteiger partial charge on any atom is -0.324 e. The minimum atomic E-state index is -3.37. The van der Waals surface area contributed by atoms with Gasteiger partial charge < -0.3 is 5.73 Å². The van der Waals surface area contributed by atoms with Crippen molar-refractivity contribution in [1.82, 2.24) is 9.78 Å². The van der Waals surface area contributed by atoms with Crippen LogP contribution in [0.4, 0.5) is 4.39 Å². The molecule has 2 aromatic rings. The first-order chi connectivity index (χ1) is 8.80. The number of nitrogens with zero attached hydrogens (tertiary/aromatic N) is 2. The van der Waals surface area contributed by atoms with Crippen LogP contribution in [0.2, 0.25) is 0 Å². The third-order valence-electron chi connectivity index (χ3n) is 2.72. The number of halogens is 1. The van der Waals surface area contributed by atoms with Gasteiger partial charge in [-0.1, -0.05) is 12.1 Å². The van der Waals surface area contributed by atoms with Crippen LogP contribution < -0.4 is 5.73 Å². The van der Waals surface area contributed by atoms with Crippen molar-refractivity contribution in [1.29, 1.82) is 0 Å². The fourth-order valence-electron chi connectivity index (χ4n) is 1.76. The fourth-order valence-corrected chi connectivity index (χ4v) is 2.29. The zero-order chi connectivity index (χ0) is 14.2. The van der Waals surface area contributed by atoms with Crippen LogP contribution in [0, 0.1) is 5.82 Å². The van der Waals surface area contributed by atoms with Gasteiger partial charge in [0.2, 0.25) is 0 Å².